The third kappa shape index (κ3) is 13.1. The van der Waals surface area contributed by atoms with E-state index < -0.39 is 0 Å². The van der Waals surface area contributed by atoms with Crippen LogP contribution in [0.15, 0.2) is 60.8 Å². The Labute approximate surface area is 298 Å². The lowest BCUT2D eigenvalue weighted by molar-refractivity contribution is -0.105. The fourth-order valence-electron chi connectivity index (χ4n) is 4.31. The smallest absolute Gasteiger partial charge is 0.211 e. The molecule has 2 aromatic heterocycles. The number of fused-ring (bicyclic) bond motifs is 1. The van der Waals surface area contributed by atoms with E-state index >= 15 is 0 Å². The summed E-state index contributed by atoms with van der Waals surface area (Å²) in [5.41, 5.74) is 5.21. The molecular formula is C39H53ClN6O3. The number of aryl methyl sites for hydroxylation is 1. The van der Waals surface area contributed by atoms with E-state index in [9.17, 15) is 10.1 Å². The number of hydrogen-bond donors (Lipinski definition) is 2. The predicted octanol–water partition coefficient (Wildman–Crippen LogP) is 10.1. The topological polar surface area (TPSA) is 112 Å². The molecule has 0 spiro atoms. The second-order valence-corrected chi connectivity index (χ2v) is 11.2. The highest BCUT2D eigenvalue weighted by atomic mass is 35.5. The van der Waals surface area contributed by atoms with E-state index in [1.807, 2.05) is 65.9 Å². The highest BCUT2D eigenvalue weighted by Crippen LogP contribution is 2.38. The van der Waals surface area contributed by atoms with Gasteiger partial charge < -0.3 is 25.0 Å². The van der Waals surface area contributed by atoms with Crippen molar-refractivity contribution in [3.8, 4) is 17.6 Å². The minimum atomic E-state index is 0.333. The van der Waals surface area contributed by atoms with Crippen LogP contribution in [0.2, 0.25) is 5.02 Å². The zero-order valence-electron chi connectivity index (χ0n) is 30.9. The van der Waals surface area contributed by atoms with Crippen LogP contribution in [0.1, 0.15) is 83.8 Å². The Morgan fingerprint density at radius 1 is 1.04 bits per heavy atom. The number of likely N-dealkylation sites (N-methyl/N-ethyl adjacent to an activating group) is 1. The first-order chi connectivity index (χ1) is 23.6. The Morgan fingerprint density at radius 3 is 2.27 bits per heavy atom. The predicted molar refractivity (Wildman–Crippen MR) is 206 cm³/mol. The summed E-state index contributed by atoms with van der Waals surface area (Å²) in [6.45, 7) is 19.7. The third-order valence-corrected chi connectivity index (χ3v) is 6.93. The summed E-state index contributed by atoms with van der Waals surface area (Å²) < 4.78 is 11.6. The first kappa shape index (κ1) is 42.4. The first-order valence-electron chi connectivity index (χ1n) is 16.7. The number of nitrogens with zero attached hydrogens (tertiary/aromatic N) is 4. The second kappa shape index (κ2) is 22.8. The van der Waals surface area contributed by atoms with Crippen molar-refractivity contribution in [2.24, 2.45) is 0 Å². The number of rotatable bonds is 12. The molecule has 0 bridgehead atoms. The van der Waals surface area contributed by atoms with Crippen LogP contribution in [0.4, 0.5) is 17.1 Å². The van der Waals surface area contributed by atoms with Crippen LogP contribution >= 0.6 is 11.6 Å². The normalized spacial score (nSPS) is 10.2. The van der Waals surface area contributed by atoms with Gasteiger partial charge in [-0.05, 0) is 71.1 Å². The monoisotopic (exact) mass is 688 g/mol. The second-order valence-electron chi connectivity index (χ2n) is 10.8. The number of anilines is 3. The summed E-state index contributed by atoms with van der Waals surface area (Å²) in [6, 6.07) is 15.0. The van der Waals surface area contributed by atoms with Crippen molar-refractivity contribution < 1.29 is 14.3 Å². The van der Waals surface area contributed by atoms with E-state index in [1.165, 1.54) is 0 Å². The Balaban J connectivity index is 0.000000959. The molecule has 0 aliphatic rings. The van der Waals surface area contributed by atoms with Crippen molar-refractivity contribution in [2.75, 3.05) is 37.9 Å². The van der Waals surface area contributed by atoms with Gasteiger partial charge in [0.05, 0.1) is 39.8 Å². The van der Waals surface area contributed by atoms with Crippen molar-refractivity contribution in [3.05, 3.63) is 88.4 Å². The molecule has 0 unspecified atom stereocenters. The number of pyridine rings is 2. The van der Waals surface area contributed by atoms with Gasteiger partial charge in [0.1, 0.15) is 24.2 Å². The number of nitriles is 1. The molecule has 4 aromatic rings. The average Bonchev–Trinajstić information content (AvgIpc) is 3.10. The lowest BCUT2D eigenvalue weighted by Gasteiger charge is -2.17. The fourth-order valence-corrected chi connectivity index (χ4v) is 4.55. The quantitative estimate of drug-likeness (QED) is 0.112. The van der Waals surface area contributed by atoms with Crippen LogP contribution in [-0.2, 0) is 11.4 Å². The molecule has 0 aliphatic carbocycles. The number of aromatic nitrogens is 2. The van der Waals surface area contributed by atoms with Gasteiger partial charge >= 0.3 is 0 Å². The molecule has 49 heavy (non-hydrogen) atoms. The number of benzene rings is 2. The van der Waals surface area contributed by atoms with Gasteiger partial charge in [-0.15, -0.1) is 0 Å². The van der Waals surface area contributed by atoms with E-state index in [0.29, 0.717) is 81.3 Å². The maximum atomic E-state index is 11.2. The number of allylic oxidation sites excluding steroid dienone is 1. The van der Waals surface area contributed by atoms with Crippen LogP contribution in [0.5, 0.6) is 11.5 Å². The van der Waals surface area contributed by atoms with Crippen LogP contribution in [0, 0.1) is 18.3 Å². The van der Waals surface area contributed by atoms with Gasteiger partial charge in [0.15, 0.2) is 0 Å². The van der Waals surface area contributed by atoms with Crippen LogP contribution in [0.3, 0.4) is 0 Å². The SMILES string of the molecule is C/C=C/CN(C)C.CC.CC.CCOc1cc2nc(C)c(C#N)c(Nc3ccc(OCc4ccc(C(C)C)nc4)c(Cl)c3)c2cc1NC=O. The molecule has 1 amide bonds. The highest BCUT2D eigenvalue weighted by Gasteiger charge is 2.17. The molecule has 0 aliphatic heterocycles. The Hall–Kier alpha value is -4.65. The number of amides is 1. The van der Waals surface area contributed by atoms with E-state index in [4.69, 9.17) is 21.1 Å². The number of hydrogen-bond acceptors (Lipinski definition) is 8. The lowest BCUT2D eigenvalue weighted by Crippen LogP contribution is -2.10. The summed E-state index contributed by atoms with van der Waals surface area (Å²) in [7, 11) is 4.11. The van der Waals surface area contributed by atoms with Crippen molar-refractivity contribution in [1.29, 1.82) is 5.26 Å². The molecule has 0 atom stereocenters. The molecule has 2 heterocycles. The number of halogens is 1. The van der Waals surface area contributed by atoms with Crippen LogP contribution < -0.4 is 20.1 Å². The van der Waals surface area contributed by atoms with Crippen molar-refractivity contribution in [1.82, 2.24) is 14.9 Å². The minimum Gasteiger partial charge on any atom is -0.492 e. The van der Waals surface area contributed by atoms with Crippen molar-refractivity contribution in [2.45, 2.75) is 74.8 Å². The van der Waals surface area contributed by atoms with Gasteiger partial charge in [-0.2, -0.15) is 5.26 Å². The van der Waals surface area contributed by atoms with Gasteiger partial charge in [0.2, 0.25) is 6.41 Å². The molecule has 0 saturated carbocycles. The van der Waals surface area contributed by atoms with Gasteiger partial charge in [-0.25, -0.2) is 0 Å². The number of carbonyl (C=O) groups is 1. The van der Waals surface area contributed by atoms with E-state index in [1.54, 1.807) is 31.2 Å². The van der Waals surface area contributed by atoms with E-state index in [-0.39, 0.29) is 0 Å². The molecule has 0 saturated heterocycles. The highest BCUT2D eigenvalue weighted by molar-refractivity contribution is 6.32. The van der Waals surface area contributed by atoms with Gasteiger partial charge in [-0.3, -0.25) is 14.8 Å². The molecule has 9 nitrogen and oxygen atoms in total. The number of ether oxygens (including phenoxy) is 2. The zero-order valence-corrected chi connectivity index (χ0v) is 31.7. The third-order valence-electron chi connectivity index (χ3n) is 6.63. The molecule has 264 valence electrons. The zero-order chi connectivity index (χ0) is 36.9. The minimum absolute atomic E-state index is 0.333. The maximum absolute atomic E-state index is 11.2. The number of carbonyl (C=O) groups excluding carboxylic acids is 1. The van der Waals surface area contributed by atoms with Crippen molar-refractivity contribution in [3.63, 3.8) is 0 Å². The Morgan fingerprint density at radius 2 is 1.76 bits per heavy atom. The summed E-state index contributed by atoms with van der Waals surface area (Å²) in [4.78, 5) is 22.4. The van der Waals surface area contributed by atoms with E-state index in [0.717, 1.165) is 17.8 Å². The Kier molecular flexibility index (Phi) is 19.7. The number of nitrogens with one attached hydrogen (secondary N) is 2. The lowest BCUT2D eigenvalue weighted by atomic mass is 10.0. The molecule has 2 N–H and O–H groups in total. The Bertz CT molecular complexity index is 1660. The van der Waals surface area contributed by atoms with E-state index in [2.05, 4.69) is 71.7 Å². The first-order valence-corrected chi connectivity index (χ1v) is 17.1. The molecule has 4 rings (SSSR count). The van der Waals surface area contributed by atoms with Crippen LogP contribution in [0.25, 0.3) is 10.9 Å². The summed E-state index contributed by atoms with van der Waals surface area (Å²) in [6.07, 6.45) is 6.57. The largest absolute Gasteiger partial charge is 0.492 e. The fraction of sp³-hybridized carbons (Fsp3) is 0.385. The van der Waals surface area contributed by atoms with Crippen molar-refractivity contribution >= 4 is 46.0 Å². The molecule has 10 heteroatoms. The van der Waals surface area contributed by atoms with Crippen LogP contribution in [-0.4, -0.2) is 48.5 Å². The molecule has 2 aromatic carbocycles. The molecule has 0 fully saturated rings. The van der Waals surface area contributed by atoms with Gasteiger partial charge in [0.25, 0.3) is 0 Å². The summed E-state index contributed by atoms with van der Waals surface area (Å²) >= 11 is 6.55. The summed E-state index contributed by atoms with van der Waals surface area (Å²) in [5.74, 6) is 1.38. The standard InChI is InChI=1S/C29H28ClN5O3.C6H13N.2C2H6/c1-5-37-28-12-25-21(11-26(28)33-16-36)29(22(13-31)18(4)34-25)35-20-7-9-27(23(30)10-20)38-15-19-6-8-24(17(2)3)32-14-19;1-4-5-6-7(2)3;2*1-2/h6-12,14,16-17H,5,15H2,1-4H3,(H,33,36)(H,34,35);4-5H,6H2,1-3H3;2*1-2H3/b;5-4+;;. The van der Waals surface area contributed by atoms with Gasteiger partial charge in [0, 0.05) is 41.1 Å². The maximum Gasteiger partial charge on any atom is 0.211 e. The molecular weight excluding hydrogens is 636 g/mol. The average molecular weight is 689 g/mol. The molecule has 0 radical (unpaired) electrons. The van der Waals surface area contributed by atoms with Gasteiger partial charge in [-0.1, -0.05) is 71.4 Å². The summed E-state index contributed by atoms with van der Waals surface area (Å²) in [5, 5.41) is 16.9.